The Labute approximate surface area is 137 Å². The fourth-order valence-electron chi connectivity index (χ4n) is 2.12. The van der Waals surface area contributed by atoms with Gasteiger partial charge in [0.25, 0.3) is 0 Å². The molecule has 1 heterocycles. The van der Waals surface area contributed by atoms with Crippen LogP contribution in [0.1, 0.15) is 41.0 Å². The van der Waals surface area contributed by atoms with E-state index in [0.717, 1.165) is 5.56 Å². The van der Waals surface area contributed by atoms with Crippen molar-refractivity contribution in [2.45, 2.75) is 26.3 Å². The molecule has 1 amide bonds. The van der Waals surface area contributed by atoms with E-state index in [-0.39, 0.29) is 23.7 Å². The average molecular weight is 334 g/mol. The summed E-state index contributed by atoms with van der Waals surface area (Å²) in [7, 11) is 0. The van der Waals surface area contributed by atoms with Gasteiger partial charge in [-0.1, -0.05) is 29.8 Å². The van der Waals surface area contributed by atoms with Crippen molar-refractivity contribution in [2.75, 3.05) is 12.3 Å². The summed E-state index contributed by atoms with van der Waals surface area (Å²) in [5.74, 6) is -1.60. The lowest BCUT2D eigenvalue weighted by Gasteiger charge is -2.18. The van der Waals surface area contributed by atoms with E-state index in [4.69, 9.17) is 10.5 Å². The maximum absolute atomic E-state index is 12.3. The van der Waals surface area contributed by atoms with Crippen molar-refractivity contribution in [3.63, 3.8) is 0 Å². The topological polar surface area (TPSA) is 134 Å². The zero-order chi connectivity index (χ0) is 17.7. The van der Waals surface area contributed by atoms with Crippen LogP contribution in [0.5, 0.6) is 0 Å². The number of nitrogen functional groups attached to an aromatic ring is 1. The molecule has 0 saturated heterocycles. The highest BCUT2D eigenvalue weighted by molar-refractivity contribution is 5.95. The molecule has 1 aromatic carbocycles. The van der Waals surface area contributed by atoms with Gasteiger partial charge in [-0.2, -0.15) is 0 Å². The van der Waals surface area contributed by atoms with Gasteiger partial charge in [-0.15, -0.1) is 0 Å². The fourth-order valence-corrected chi connectivity index (χ4v) is 2.12. The Kier molecular flexibility index (Phi) is 5.35. The summed E-state index contributed by atoms with van der Waals surface area (Å²) in [6, 6.07) is 6.57. The molecular formula is C15H18N4O5. The number of benzene rings is 1. The summed E-state index contributed by atoms with van der Waals surface area (Å²) in [6.07, 6.45) is -0.0906. The van der Waals surface area contributed by atoms with Crippen LogP contribution in [0.4, 0.5) is 5.82 Å². The van der Waals surface area contributed by atoms with Gasteiger partial charge in [0.15, 0.2) is 0 Å². The molecule has 1 atom stereocenters. The number of amides is 1. The van der Waals surface area contributed by atoms with E-state index in [1.165, 1.54) is 0 Å². The number of nitrogens with zero attached hydrogens (tertiary/aromatic N) is 2. The molecule has 2 rings (SSSR count). The second-order valence-electron chi connectivity index (χ2n) is 5.11. The highest BCUT2D eigenvalue weighted by Gasteiger charge is 2.28. The Morgan fingerprint density at radius 1 is 1.42 bits per heavy atom. The molecule has 0 spiro atoms. The molecular weight excluding hydrogens is 316 g/mol. The Balaban J connectivity index is 2.23. The van der Waals surface area contributed by atoms with E-state index in [1.807, 2.05) is 19.1 Å². The maximum Gasteiger partial charge on any atom is 0.318 e. The largest absolute Gasteiger partial charge is 0.466 e. The Bertz CT molecular complexity index is 706. The minimum atomic E-state index is -0.793. The minimum absolute atomic E-state index is 0.0821. The first-order chi connectivity index (χ1) is 11.4. The van der Waals surface area contributed by atoms with Crippen LogP contribution in [-0.4, -0.2) is 23.6 Å². The van der Waals surface area contributed by atoms with Crippen molar-refractivity contribution in [1.82, 2.24) is 10.5 Å². The van der Waals surface area contributed by atoms with Gasteiger partial charge in [-0.05, 0) is 24.3 Å². The summed E-state index contributed by atoms with van der Waals surface area (Å²) < 4.78 is 9.20. The van der Waals surface area contributed by atoms with E-state index in [0.29, 0.717) is 5.56 Å². The molecule has 0 radical (unpaired) electrons. The number of aromatic nitrogens is 2. The van der Waals surface area contributed by atoms with Crippen molar-refractivity contribution < 1.29 is 23.9 Å². The van der Waals surface area contributed by atoms with Crippen LogP contribution in [-0.2, 0) is 9.53 Å². The lowest BCUT2D eigenvalue weighted by Crippen LogP contribution is -2.39. The first-order valence-corrected chi connectivity index (χ1v) is 7.30. The fraction of sp³-hybridized carbons (Fsp3) is 0.333. The van der Waals surface area contributed by atoms with Crippen LogP contribution in [0, 0.1) is 12.1 Å². The van der Waals surface area contributed by atoms with Gasteiger partial charge in [0.1, 0.15) is 0 Å². The van der Waals surface area contributed by atoms with Gasteiger partial charge < -0.3 is 21.0 Å². The summed E-state index contributed by atoms with van der Waals surface area (Å²) in [5, 5.41) is 17.2. The summed E-state index contributed by atoms with van der Waals surface area (Å²) in [6.45, 7) is 3.84. The highest BCUT2D eigenvalue weighted by Crippen LogP contribution is 2.19. The monoisotopic (exact) mass is 334 g/mol. The Morgan fingerprint density at radius 2 is 2.08 bits per heavy atom. The smallest absolute Gasteiger partial charge is 0.318 e. The van der Waals surface area contributed by atoms with Gasteiger partial charge in [-0.3, -0.25) is 14.2 Å². The number of esters is 1. The number of carbonyl (C=O) groups is 2. The third-order valence-corrected chi connectivity index (χ3v) is 3.31. The first-order valence-electron chi connectivity index (χ1n) is 7.30. The number of carbonyl (C=O) groups excluding carboxylic acids is 2. The van der Waals surface area contributed by atoms with Crippen LogP contribution >= 0.6 is 0 Å². The van der Waals surface area contributed by atoms with Crippen LogP contribution in [0.25, 0.3) is 0 Å². The summed E-state index contributed by atoms with van der Waals surface area (Å²) >= 11 is 0. The lowest BCUT2D eigenvalue weighted by atomic mass is 10.0. The number of anilines is 1. The standard InChI is InChI=1S/C15H18N4O5/c1-3-23-12(20)8-11(10-6-4-9(2)5-7-10)17-15(21)13-14(16)18-24-19(13)22/h4-7,11H,3,8H2,1-2H3,(H2,16,18)(H,17,21)/t11-/m0/s1. The molecule has 0 bridgehead atoms. The summed E-state index contributed by atoms with van der Waals surface area (Å²) in [5.41, 5.74) is 6.70. The predicted octanol–water partition coefficient (Wildman–Crippen LogP) is 0.623. The quantitative estimate of drug-likeness (QED) is 0.584. The molecule has 1 aromatic heterocycles. The normalized spacial score (nSPS) is 11.8. The first kappa shape index (κ1) is 17.3. The van der Waals surface area contributed by atoms with E-state index in [9.17, 15) is 14.8 Å². The molecule has 0 aliphatic rings. The van der Waals surface area contributed by atoms with Crippen LogP contribution < -0.4 is 16.0 Å². The molecule has 0 aliphatic heterocycles. The predicted molar refractivity (Wildman–Crippen MR) is 82.5 cm³/mol. The molecule has 24 heavy (non-hydrogen) atoms. The Hall–Kier alpha value is -3.10. The molecule has 0 saturated carbocycles. The molecule has 3 N–H and O–H groups in total. The number of hydrogen-bond donors (Lipinski definition) is 2. The number of rotatable bonds is 6. The van der Waals surface area contributed by atoms with Gasteiger partial charge in [0, 0.05) is 0 Å². The molecule has 128 valence electrons. The lowest BCUT2D eigenvalue weighted by molar-refractivity contribution is -0.803. The highest BCUT2D eigenvalue weighted by atomic mass is 16.8. The third kappa shape index (κ3) is 4.00. The third-order valence-electron chi connectivity index (χ3n) is 3.31. The van der Waals surface area contributed by atoms with Crippen molar-refractivity contribution >= 4 is 17.7 Å². The molecule has 2 aromatic rings. The van der Waals surface area contributed by atoms with E-state index in [1.54, 1.807) is 19.1 Å². The van der Waals surface area contributed by atoms with E-state index in [2.05, 4.69) is 15.1 Å². The second-order valence-corrected chi connectivity index (χ2v) is 5.11. The number of ether oxygens (including phenoxy) is 1. The SMILES string of the molecule is CCOC(=O)C[C@H](NC(=O)c1c(N)no[n+]1[O-])c1ccc(C)cc1. The van der Waals surface area contributed by atoms with Gasteiger partial charge in [0.2, 0.25) is 0 Å². The number of nitrogens with two attached hydrogens (primary N) is 1. The summed E-state index contributed by atoms with van der Waals surface area (Å²) in [4.78, 5) is 24.0. The number of hydrogen-bond acceptors (Lipinski definition) is 7. The van der Waals surface area contributed by atoms with Crippen molar-refractivity contribution in [3.8, 4) is 0 Å². The molecule has 0 fully saturated rings. The Morgan fingerprint density at radius 3 is 2.62 bits per heavy atom. The zero-order valence-electron chi connectivity index (χ0n) is 13.3. The second kappa shape index (κ2) is 7.44. The molecule has 0 aliphatic carbocycles. The minimum Gasteiger partial charge on any atom is -0.466 e. The van der Waals surface area contributed by atoms with Gasteiger partial charge >= 0.3 is 23.4 Å². The van der Waals surface area contributed by atoms with E-state index < -0.39 is 23.6 Å². The number of aryl methyl sites for hydroxylation is 1. The van der Waals surface area contributed by atoms with E-state index >= 15 is 0 Å². The number of nitrogens with one attached hydrogen (secondary N) is 1. The zero-order valence-corrected chi connectivity index (χ0v) is 13.3. The molecule has 9 heteroatoms. The van der Waals surface area contributed by atoms with Crippen molar-refractivity contribution in [1.29, 1.82) is 0 Å². The van der Waals surface area contributed by atoms with Crippen molar-refractivity contribution in [2.24, 2.45) is 0 Å². The maximum atomic E-state index is 12.3. The molecule has 0 unspecified atom stereocenters. The van der Waals surface area contributed by atoms with Crippen LogP contribution in [0.2, 0.25) is 0 Å². The van der Waals surface area contributed by atoms with Crippen LogP contribution in [0.3, 0.4) is 0 Å². The molecule has 9 nitrogen and oxygen atoms in total. The van der Waals surface area contributed by atoms with Crippen LogP contribution in [0.15, 0.2) is 28.9 Å². The van der Waals surface area contributed by atoms with Crippen molar-refractivity contribution in [3.05, 3.63) is 46.3 Å². The average Bonchev–Trinajstić information content (AvgIpc) is 2.86. The van der Waals surface area contributed by atoms with Gasteiger partial charge in [0.05, 0.1) is 24.2 Å². The van der Waals surface area contributed by atoms with Gasteiger partial charge in [-0.25, -0.2) is 0 Å².